The number of hydrogen-bond donors (Lipinski definition) is 1. The Morgan fingerprint density at radius 3 is 2.89 bits per heavy atom. The minimum atomic E-state index is 0.587. The van der Waals surface area contributed by atoms with Gasteiger partial charge in [0.05, 0.1) is 11.0 Å². The lowest BCUT2D eigenvalue weighted by Gasteiger charge is -2.00. The number of hydrogen-bond acceptors (Lipinski definition) is 6. The number of para-hydroxylation sites is 1. The van der Waals surface area contributed by atoms with Crippen LogP contribution in [0.25, 0.3) is 21.6 Å². The molecule has 0 atom stereocenters. The maximum Gasteiger partial charge on any atom is 0.150 e. The summed E-state index contributed by atoms with van der Waals surface area (Å²) in [7, 11) is 0. The number of nitrogens with two attached hydrogens (primary N) is 1. The normalized spacial score (nSPS) is 10.9. The summed E-state index contributed by atoms with van der Waals surface area (Å²) >= 11 is 1.56. The Labute approximate surface area is 108 Å². The Bertz CT molecular complexity index is 674. The van der Waals surface area contributed by atoms with Crippen LogP contribution in [0.4, 0.5) is 0 Å². The summed E-state index contributed by atoms with van der Waals surface area (Å²) in [5, 5.41) is 10.1. The molecule has 2 N–H and O–H groups in total. The molecule has 0 saturated carbocycles. The van der Waals surface area contributed by atoms with Crippen molar-refractivity contribution in [2.45, 2.75) is 6.42 Å². The van der Waals surface area contributed by atoms with Crippen LogP contribution in [0.2, 0.25) is 0 Å². The Kier molecular flexibility index (Phi) is 2.95. The van der Waals surface area contributed by atoms with Gasteiger partial charge in [0.25, 0.3) is 0 Å². The highest BCUT2D eigenvalue weighted by Crippen LogP contribution is 2.28. The van der Waals surface area contributed by atoms with Crippen LogP contribution in [0, 0.1) is 0 Å². The van der Waals surface area contributed by atoms with E-state index in [1.807, 2.05) is 18.2 Å². The first-order valence-corrected chi connectivity index (χ1v) is 6.42. The van der Waals surface area contributed by atoms with Crippen molar-refractivity contribution in [3.05, 3.63) is 35.6 Å². The lowest BCUT2D eigenvalue weighted by molar-refractivity contribution is 0.913. The SMILES string of the molecule is NCCc1nnc(-c2cccc3nccnc23)s1. The molecule has 0 radical (unpaired) electrons. The second-order valence-corrected chi connectivity index (χ2v) is 4.83. The van der Waals surface area contributed by atoms with E-state index in [0.29, 0.717) is 6.54 Å². The number of rotatable bonds is 3. The van der Waals surface area contributed by atoms with Crippen LogP contribution in [0.3, 0.4) is 0 Å². The van der Waals surface area contributed by atoms with Gasteiger partial charge >= 0.3 is 0 Å². The maximum atomic E-state index is 5.52. The minimum absolute atomic E-state index is 0.587. The predicted octanol–water partition coefficient (Wildman–Crippen LogP) is 1.65. The van der Waals surface area contributed by atoms with E-state index >= 15 is 0 Å². The van der Waals surface area contributed by atoms with Crippen molar-refractivity contribution < 1.29 is 0 Å². The van der Waals surface area contributed by atoms with Gasteiger partial charge < -0.3 is 5.73 Å². The Hall–Kier alpha value is -1.92. The van der Waals surface area contributed by atoms with Crippen molar-refractivity contribution in [2.24, 2.45) is 5.73 Å². The van der Waals surface area contributed by atoms with E-state index in [-0.39, 0.29) is 0 Å². The van der Waals surface area contributed by atoms with Crippen LogP contribution in [0.15, 0.2) is 30.6 Å². The third-order valence-electron chi connectivity index (χ3n) is 2.55. The van der Waals surface area contributed by atoms with Gasteiger partial charge in [-0.15, -0.1) is 10.2 Å². The van der Waals surface area contributed by atoms with Gasteiger partial charge in [-0.05, 0) is 18.7 Å². The third kappa shape index (κ3) is 1.96. The third-order valence-corrected chi connectivity index (χ3v) is 3.57. The van der Waals surface area contributed by atoms with Gasteiger partial charge in [0.15, 0.2) is 0 Å². The molecule has 0 bridgehead atoms. The fourth-order valence-electron chi connectivity index (χ4n) is 1.75. The van der Waals surface area contributed by atoms with Gasteiger partial charge in [-0.2, -0.15) is 0 Å². The first kappa shape index (κ1) is 11.2. The zero-order valence-corrected chi connectivity index (χ0v) is 10.4. The van der Waals surface area contributed by atoms with E-state index in [4.69, 9.17) is 5.73 Å². The molecule has 90 valence electrons. The second-order valence-electron chi connectivity index (χ2n) is 3.77. The first-order chi connectivity index (χ1) is 8.88. The van der Waals surface area contributed by atoms with E-state index in [2.05, 4.69) is 20.2 Å². The summed E-state index contributed by atoms with van der Waals surface area (Å²) in [5.41, 5.74) is 8.21. The highest BCUT2D eigenvalue weighted by atomic mass is 32.1. The molecular weight excluding hydrogens is 246 g/mol. The van der Waals surface area contributed by atoms with Crippen molar-refractivity contribution in [3.63, 3.8) is 0 Å². The molecule has 2 heterocycles. The van der Waals surface area contributed by atoms with Crippen LogP contribution < -0.4 is 5.73 Å². The molecule has 0 spiro atoms. The summed E-state index contributed by atoms with van der Waals surface area (Å²) < 4.78 is 0. The average molecular weight is 257 g/mol. The van der Waals surface area contributed by atoms with E-state index in [1.54, 1.807) is 23.7 Å². The molecule has 0 aliphatic rings. The number of nitrogens with zero attached hydrogens (tertiary/aromatic N) is 4. The zero-order valence-electron chi connectivity index (χ0n) is 9.58. The molecule has 0 saturated heterocycles. The largest absolute Gasteiger partial charge is 0.330 e. The Morgan fingerprint density at radius 2 is 2.00 bits per heavy atom. The van der Waals surface area contributed by atoms with Crippen molar-refractivity contribution in [2.75, 3.05) is 6.54 Å². The summed E-state index contributed by atoms with van der Waals surface area (Å²) in [6.45, 7) is 0.587. The van der Waals surface area contributed by atoms with Crippen LogP contribution in [-0.2, 0) is 6.42 Å². The van der Waals surface area contributed by atoms with E-state index < -0.39 is 0 Å². The highest BCUT2D eigenvalue weighted by Gasteiger charge is 2.10. The van der Waals surface area contributed by atoms with Crippen LogP contribution in [-0.4, -0.2) is 26.7 Å². The maximum absolute atomic E-state index is 5.52. The average Bonchev–Trinajstić information content (AvgIpc) is 2.87. The van der Waals surface area contributed by atoms with E-state index in [1.165, 1.54) is 0 Å². The Morgan fingerprint density at radius 1 is 1.11 bits per heavy atom. The van der Waals surface area contributed by atoms with E-state index in [0.717, 1.165) is 33.0 Å². The number of aromatic nitrogens is 4. The van der Waals surface area contributed by atoms with Crippen LogP contribution >= 0.6 is 11.3 Å². The quantitative estimate of drug-likeness (QED) is 0.772. The molecule has 0 unspecified atom stereocenters. The molecule has 3 rings (SSSR count). The number of fused-ring (bicyclic) bond motifs is 1. The molecular formula is C12H11N5S. The molecule has 18 heavy (non-hydrogen) atoms. The van der Waals surface area contributed by atoms with Gasteiger partial charge in [0.2, 0.25) is 0 Å². The van der Waals surface area contributed by atoms with Crippen LogP contribution in [0.5, 0.6) is 0 Å². The molecule has 0 aliphatic carbocycles. The van der Waals surface area contributed by atoms with Crippen molar-refractivity contribution in [1.82, 2.24) is 20.2 Å². The smallest absolute Gasteiger partial charge is 0.150 e. The first-order valence-electron chi connectivity index (χ1n) is 5.61. The monoisotopic (exact) mass is 257 g/mol. The van der Waals surface area contributed by atoms with Gasteiger partial charge in [0, 0.05) is 24.4 Å². The lowest BCUT2D eigenvalue weighted by atomic mass is 10.2. The summed E-state index contributed by atoms with van der Waals surface area (Å²) in [6, 6.07) is 5.88. The molecule has 0 fully saturated rings. The van der Waals surface area contributed by atoms with Gasteiger partial charge in [-0.25, -0.2) is 0 Å². The number of benzene rings is 1. The summed E-state index contributed by atoms with van der Waals surface area (Å²) in [4.78, 5) is 8.65. The van der Waals surface area contributed by atoms with Gasteiger partial charge in [-0.3, -0.25) is 9.97 Å². The molecule has 6 heteroatoms. The lowest BCUT2D eigenvalue weighted by Crippen LogP contribution is -2.01. The van der Waals surface area contributed by atoms with Crippen molar-refractivity contribution in [3.8, 4) is 10.6 Å². The second kappa shape index (κ2) is 4.75. The molecule has 0 amide bonds. The van der Waals surface area contributed by atoms with Gasteiger partial charge in [-0.1, -0.05) is 17.4 Å². The van der Waals surface area contributed by atoms with E-state index in [9.17, 15) is 0 Å². The van der Waals surface area contributed by atoms with Crippen molar-refractivity contribution >= 4 is 22.4 Å². The fourth-order valence-corrected chi connectivity index (χ4v) is 2.63. The molecule has 5 nitrogen and oxygen atoms in total. The predicted molar refractivity (Wildman–Crippen MR) is 71.2 cm³/mol. The summed E-state index contributed by atoms with van der Waals surface area (Å²) in [6.07, 6.45) is 4.13. The summed E-state index contributed by atoms with van der Waals surface area (Å²) in [5.74, 6) is 0. The molecule has 3 aromatic rings. The zero-order chi connectivity index (χ0) is 12.4. The molecule has 2 aromatic heterocycles. The van der Waals surface area contributed by atoms with Gasteiger partial charge in [0.1, 0.15) is 10.0 Å². The van der Waals surface area contributed by atoms with Crippen LogP contribution in [0.1, 0.15) is 5.01 Å². The molecule has 1 aromatic carbocycles. The Balaban J connectivity index is 2.12. The standard InChI is InChI=1S/C12H11N5S/c13-5-4-10-16-17-12(18-10)8-2-1-3-9-11(8)15-7-6-14-9/h1-3,6-7H,4-5,13H2. The highest BCUT2D eigenvalue weighted by molar-refractivity contribution is 7.14. The topological polar surface area (TPSA) is 77.6 Å². The minimum Gasteiger partial charge on any atom is -0.330 e. The van der Waals surface area contributed by atoms with Crippen molar-refractivity contribution in [1.29, 1.82) is 0 Å². The fraction of sp³-hybridized carbons (Fsp3) is 0.167. The molecule has 0 aliphatic heterocycles.